The fourth-order valence-electron chi connectivity index (χ4n) is 2.22. The van der Waals surface area contributed by atoms with Gasteiger partial charge in [-0.15, -0.1) is 0 Å². The van der Waals surface area contributed by atoms with Crippen LogP contribution in [0.3, 0.4) is 0 Å². The smallest absolute Gasteiger partial charge is 0.328 e. The van der Waals surface area contributed by atoms with E-state index in [0.29, 0.717) is 17.9 Å². The number of carboxylic acid groups (broad SMARTS) is 1. The topological polar surface area (TPSA) is 75.6 Å². The summed E-state index contributed by atoms with van der Waals surface area (Å²) in [5.74, 6) is -0.820. The van der Waals surface area contributed by atoms with E-state index in [-0.39, 0.29) is 12.5 Å². The van der Waals surface area contributed by atoms with E-state index in [1.807, 2.05) is 43.3 Å². The van der Waals surface area contributed by atoms with Crippen molar-refractivity contribution < 1.29 is 19.4 Å². The first-order chi connectivity index (χ1) is 12.0. The Morgan fingerprint density at radius 1 is 1.24 bits per heavy atom. The number of hydrogen-bond acceptors (Lipinski definition) is 3. The summed E-state index contributed by atoms with van der Waals surface area (Å²) in [6.45, 7) is 2.11. The van der Waals surface area contributed by atoms with Crippen molar-refractivity contribution in [2.45, 2.75) is 13.5 Å². The Balaban J connectivity index is 2.01. The van der Waals surface area contributed by atoms with Crippen LogP contribution in [0.2, 0.25) is 0 Å². The molecule has 2 aromatic rings. The zero-order valence-electron chi connectivity index (χ0n) is 13.7. The molecule has 0 spiro atoms. The van der Waals surface area contributed by atoms with Crippen LogP contribution in [0.1, 0.15) is 16.7 Å². The number of benzene rings is 2. The molecule has 0 aliphatic heterocycles. The molecule has 0 aromatic heterocycles. The Labute approximate surface area is 154 Å². The zero-order valence-corrected chi connectivity index (χ0v) is 15.2. The lowest BCUT2D eigenvalue weighted by Crippen LogP contribution is -2.28. The normalized spacial score (nSPS) is 10.6. The Morgan fingerprint density at radius 2 is 1.96 bits per heavy atom. The van der Waals surface area contributed by atoms with Crippen LogP contribution in [0.4, 0.5) is 0 Å². The molecule has 2 aromatic carbocycles. The molecular weight excluding hydrogens is 386 g/mol. The van der Waals surface area contributed by atoms with Crippen LogP contribution in [0.25, 0.3) is 6.08 Å². The number of carbonyl (C=O) groups is 2. The molecule has 0 aliphatic rings. The molecule has 0 radical (unpaired) electrons. The van der Waals surface area contributed by atoms with Gasteiger partial charge in [-0.05, 0) is 36.3 Å². The summed E-state index contributed by atoms with van der Waals surface area (Å²) in [6.07, 6.45) is 2.47. The lowest BCUT2D eigenvalue weighted by atomic mass is 10.1. The van der Waals surface area contributed by atoms with Crippen molar-refractivity contribution in [3.8, 4) is 5.75 Å². The van der Waals surface area contributed by atoms with Gasteiger partial charge in [0.25, 0.3) is 5.91 Å². The Bertz CT molecular complexity index is 788. The Hall–Kier alpha value is -2.60. The second-order valence-electron chi connectivity index (χ2n) is 5.36. The molecule has 2 N–H and O–H groups in total. The van der Waals surface area contributed by atoms with Gasteiger partial charge >= 0.3 is 5.97 Å². The fraction of sp³-hybridized carbons (Fsp3) is 0.158. The molecule has 6 heteroatoms. The van der Waals surface area contributed by atoms with E-state index in [2.05, 4.69) is 21.2 Å². The summed E-state index contributed by atoms with van der Waals surface area (Å²) < 4.78 is 6.43. The number of ether oxygens (including phenoxy) is 1. The van der Waals surface area contributed by atoms with Crippen LogP contribution in [-0.4, -0.2) is 23.6 Å². The third-order valence-electron chi connectivity index (χ3n) is 3.35. The molecule has 0 saturated carbocycles. The average Bonchev–Trinajstić information content (AvgIpc) is 2.58. The van der Waals surface area contributed by atoms with Crippen LogP contribution in [-0.2, 0) is 16.1 Å². The minimum atomic E-state index is -1.05. The van der Waals surface area contributed by atoms with Gasteiger partial charge in [0.15, 0.2) is 6.61 Å². The SMILES string of the molecule is Cc1cc(Br)cc(/C=C/C(=O)O)c1OCC(=O)NCc1ccccc1. The van der Waals surface area contributed by atoms with Crippen LogP contribution in [0, 0.1) is 6.92 Å². The predicted octanol–water partition coefficient (Wildman–Crippen LogP) is 3.55. The van der Waals surface area contributed by atoms with Gasteiger partial charge in [-0.3, -0.25) is 4.79 Å². The highest BCUT2D eigenvalue weighted by molar-refractivity contribution is 9.10. The van der Waals surface area contributed by atoms with Crippen molar-refractivity contribution in [2.75, 3.05) is 6.61 Å². The molecule has 0 unspecified atom stereocenters. The van der Waals surface area contributed by atoms with Crippen LogP contribution in [0.15, 0.2) is 53.0 Å². The van der Waals surface area contributed by atoms with E-state index in [1.54, 1.807) is 6.07 Å². The number of hydrogen-bond donors (Lipinski definition) is 2. The molecule has 130 valence electrons. The molecule has 25 heavy (non-hydrogen) atoms. The monoisotopic (exact) mass is 403 g/mol. The van der Waals surface area contributed by atoms with Crippen molar-refractivity contribution in [2.24, 2.45) is 0 Å². The number of nitrogens with one attached hydrogen (secondary N) is 1. The standard InChI is InChI=1S/C19H18BrNO4/c1-13-9-16(20)10-15(7-8-18(23)24)19(13)25-12-17(22)21-11-14-5-3-2-4-6-14/h2-10H,11-12H2,1H3,(H,21,22)(H,23,24)/b8-7+. The third-order valence-corrected chi connectivity index (χ3v) is 3.81. The number of carboxylic acids is 1. The van der Waals surface area contributed by atoms with Crippen molar-refractivity contribution in [1.82, 2.24) is 5.32 Å². The van der Waals surface area contributed by atoms with Gasteiger partial charge in [0, 0.05) is 22.7 Å². The second-order valence-corrected chi connectivity index (χ2v) is 6.28. The van der Waals surface area contributed by atoms with Gasteiger partial charge in [-0.25, -0.2) is 4.79 Å². The molecule has 0 atom stereocenters. The number of rotatable bonds is 7. The molecule has 5 nitrogen and oxygen atoms in total. The largest absolute Gasteiger partial charge is 0.483 e. The number of aliphatic carboxylic acids is 1. The second kappa shape index (κ2) is 9.03. The molecule has 0 saturated heterocycles. The molecule has 0 heterocycles. The first kappa shape index (κ1) is 18.7. The summed E-state index contributed by atoms with van der Waals surface area (Å²) in [5.41, 5.74) is 2.39. The van der Waals surface area contributed by atoms with Crippen LogP contribution < -0.4 is 10.1 Å². The Kier molecular flexibility index (Phi) is 6.77. The maximum absolute atomic E-state index is 12.0. The number of aryl methyl sites for hydroxylation is 1. The highest BCUT2D eigenvalue weighted by Gasteiger charge is 2.10. The lowest BCUT2D eigenvalue weighted by molar-refractivity contribution is -0.131. The third kappa shape index (κ3) is 6.08. The maximum Gasteiger partial charge on any atom is 0.328 e. The molecule has 0 bridgehead atoms. The molecule has 2 rings (SSSR count). The number of halogens is 1. The number of carbonyl (C=O) groups excluding carboxylic acids is 1. The highest BCUT2D eigenvalue weighted by atomic mass is 79.9. The zero-order chi connectivity index (χ0) is 18.2. The molecule has 1 amide bonds. The first-order valence-corrected chi connectivity index (χ1v) is 8.39. The fourth-order valence-corrected chi connectivity index (χ4v) is 2.81. The quantitative estimate of drug-likeness (QED) is 0.693. The summed E-state index contributed by atoms with van der Waals surface area (Å²) in [4.78, 5) is 22.7. The Morgan fingerprint density at radius 3 is 2.64 bits per heavy atom. The van der Waals surface area contributed by atoms with E-state index >= 15 is 0 Å². The van der Waals surface area contributed by atoms with Gasteiger partial charge in [0.05, 0.1) is 0 Å². The summed E-state index contributed by atoms with van der Waals surface area (Å²) in [5, 5.41) is 11.6. The average molecular weight is 404 g/mol. The van der Waals surface area contributed by atoms with E-state index in [4.69, 9.17) is 9.84 Å². The van der Waals surface area contributed by atoms with E-state index in [1.165, 1.54) is 6.08 Å². The van der Waals surface area contributed by atoms with E-state index in [9.17, 15) is 9.59 Å². The van der Waals surface area contributed by atoms with Crippen LogP contribution >= 0.6 is 15.9 Å². The van der Waals surface area contributed by atoms with Gasteiger partial charge < -0.3 is 15.2 Å². The minimum Gasteiger partial charge on any atom is -0.483 e. The van der Waals surface area contributed by atoms with Gasteiger partial charge in [-0.2, -0.15) is 0 Å². The summed E-state index contributed by atoms with van der Waals surface area (Å²) >= 11 is 3.37. The predicted molar refractivity (Wildman–Crippen MR) is 99.3 cm³/mol. The highest BCUT2D eigenvalue weighted by Crippen LogP contribution is 2.29. The molecular formula is C19H18BrNO4. The van der Waals surface area contributed by atoms with Gasteiger partial charge in [0.2, 0.25) is 0 Å². The van der Waals surface area contributed by atoms with Crippen molar-refractivity contribution in [1.29, 1.82) is 0 Å². The van der Waals surface area contributed by atoms with Gasteiger partial charge in [-0.1, -0.05) is 46.3 Å². The van der Waals surface area contributed by atoms with Crippen molar-refractivity contribution in [3.63, 3.8) is 0 Å². The van der Waals surface area contributed by atoms with Crippen molar-refractivity contribution in [3.05, 3.63) is 69.7 Å². The van der Waals surface area contributed by atoms with Crippen LogP contribution in [0.5, 0.6) is 5.75 Å². The molecule has 0 aliphatic carbocycles. The maximum atomic E-state index is 12.0. The first-order valence-electron chi connectivity index (χ1n) is 7.60. The number of amides is 1. The van der Waals surface area contributed by atoms with E-state index < -0.39 is 5.97 Å². The molecule has 0 fully saturated rings. The van der Waals surface area contributed by atoms with Gasteiger partial charge in [0.1, 0.15) is 5.75 Å². The summed E-state index contributed by atoms with van der Waals surface area (Å²) in [7, 11) is 0. The minimum absolute atomic E-state index is 0.150. The van der Waals surface area contributed by atoms with E-state index in [0.717, 1.165) is 21.7 Å². The van der Waals surface area contributed by atoms with Crippen molar-refractivity contribution >= 4 is 33.9 Å². The lowest BCUT2D eigenvalue weighted by Gasteiger charge is -2.13. The summed E-state index contributed by atoms with van der Waals surface area (Å²) in [6, 6.07) is 13.2.